The number of rotatable bonds is 5. The first-order chi connectivity index (χ1) is 10.3. The maximum Gasteiger partial charge on any atom is 0.223 e. The highest BCUT2D eigenvalue weighted by atomic mass is 16.1. The molecule has 0 aliphatic heterocycles. The highest BCUT2D eigenvalue weighted by Gasteiger charge is 2.24. The number of carbonyl (C=O) groups excluding carboxylic acids is 1. The number of benzene rings is 1. The Kier molecular flexibility index (Phi) is 4.04. The summed E-state index contributed by atoms with van der Waals surface area (Å²) in [6.45, 7) is 3.47. The van der Waals surface area contributed by atoms with E-state index >= 15 is 0 Å². The molecular formula is C17H21N3O. The van der Waals surface area contributed by atoms with Crippen LogP contribution in [0.3, 0.4) is 0 Å². The quantitative estimate of drug-likeness (QED) is 0.917. The fourth-order valence-corrected chi connectivity index (χ4v) is 2.67. The molecule has 0 saturated heterocycles. The van der Waals surface area contributed by atoms with Gasteiger partial charge in [-0.2, -0.15) is 0 Å². The first-order valence-corrected chi connectivity index (χ1v) is 7.61. The van der Waals surface area contributed by atoms with Crippen LogP contribution in [-0.2, 0) is 11.3 Å². The lowest BCUT2D eigenvalue weighted by atomic mass is 9.85. The molecule has 0 unspecified atom stereocenters. The summed E-state index contributed by atoms with van der Waals surface area (Å²) < 4.78 is 2.16. The molecule has 1 aromatic carbocycles. The molecule has 1 aliphatic rings. The second-order valence-corrected chi connectivity index (χ2v) is 5.66. The maximum atomic E-state index is 11.9. The van der Waals surface area contributed by atoms with E-state index in [-0.39, 0.29) is 11.8 Å². The summed E-state index contributed by atoms with van der Waals surface area (Å²) in [6.07, 6.45) is 5.17. The average molecular weight is 283 g/mol. The van der Waals surface area contributed by atoms with Gasteiger partial charge in [-0.3, -0.25) is 4.79 Å². The molecule has 0 atom stereocenters. The summed E-state index contributed by atoms with van der Waals surface area (Å²) in [5.74, 6) is 1.42. The van der Waals surface area contributed by atoms with Gasteiger partial charge in [-0.1, -0.05) is 36.8 Å². The van der Waals surface area contributed by atoms with Crippen LogP contribution in [0, 0.1) is 12.8 Å². The van der Waals surface area contributed by atoms with Crippen molar-refractivity contribution in [3.05, 3.63) is 42.2 Å². The number of imidazole rings is 1. The third-order valence-corrected chi connectivity index (χ3v) is 4.20. The van der Waals surface area contributed by atoms with Gasteiger partial charge >= 0.3 is 0 Å². The topological polar surface area (TPSA) is 46.9 Å². The van der Waals surface area contributed by atoms with Gasteiger partial charge in [0.2, 0.25) is 5.91 Å². The van der Waals surface area contributed by atoms with E-state index in [4.69, 9.17) is 0 Å². The Morgan fingerprint density at radius 3 is 2.76 bits per heavy atom. The van der Waals surface area contributed by atoms with E-state index in [0.717, 1.165) is 36.5 Å². The summed E-state index contributed by atoms with van der Waals surface area (Å²) in [6, 6.07) is 10.2. The number of aryl methyl sites for hydroxylation is 1. The van der Waals surface area contributed by atoms with Crippen LogP contribution in [0.2, 0.25) is 0 Å². The Morgan fingerprint density at radius 1 is 1.33 bits per heavy atom. The number of amides is 1. The smallest absolute Gasteiger partial charge is 0.223 e. The highest BCUT2D eigenvalue weighted by molar-refractivity contribution is 5.79. The van der Waals surface area contributed by atoms with Crippen molar-refractivity contribution in [2.24, 2.45) is 5.92 Å². The van der Waals surface area contributed by atoms with Crippen LogP contribution in [-0.4, -0.2) is 22.0 Å². The molecular weight excluding hydrogens is 262 g/mol. The Hall–Kier alpha value is -2.10. The van der Waals surface area contributed by atoms with Crippen molar-refractivity contribution in [3.8, 4) is 11.4 Å². The summed E-state index contributed by atoms with van der Waals surface area (Å²) in [5.41, 5.74) is 2.22. The zero-order valence-corrected chi connectivity index (χ0v) is 12.4. The Morgan fingerprint density at radius 2 is 2.10 bits per heavy atom. The Balaban J connectivity index is 1.65. The standard InChI is InChI=1S/C17H21N3O/c1-13-12-19-16(14-6-3-2-4-7-14)20(13)11-10-18-17(21)15-8-5-9-15/h2-4,6-7,12,15H,5,8-11H2,1H3,(H,18,21). The fraction of sp³-hybridized carbons (Fsp3) is 0.412. The maximum absolute atomic E-state index is 11.9. The zero-order valence-electron chi connectivity index (χ0n) is 12.4. The summed E-state index contributed by atoms with van der Waals surface area (Å²) in [5, 5.41) is 3.04. The van der Waals surface area contributed by atoms with Crippen LogP contribution in [0.4, 0.5) is 0 Å². The van der Waals surface area contributed by atoms with Gasteiger partial charge in [0.05, 0.1) is 0 Å². The molecule has 2 aromatic rings. The second kappa shape index (κ2) is 6.12. The summed E-state index contributed by atoms with van der Waals surface area (Å²) >= 11 is 0. The van der Waals surface area contributed by atoms with Crippen molar-refractivity contribution in [1.29, 1.82) is 0 Å². The van der Waals surface area contributed by atoms with Gasteiger partial charge in [0, 0.05) is 36.5 Å². The number of hydrogen-bond donors (Lipinski definition) is 1. The van der Waals surface area contributed by atoms with Gasteiger partial charge in [-0.05, 0) is 19.8 Å². The van der Waals surface area contributed by atoms with E-state index < -0.39 is 0 Å². The number of nitrogens with zero attached hydrogens (tertiary/aromatic N) is 2. The van der Waals surface area contributed by atoms with Crippen LogP contribution < -0.4 is 5.32 Å². The van der Waals surface area contributed by atoms with E-state index in [1.165, 1.54) is 6.42 Å². The molecule has 0 bridgehead atoms. The zero-order chi connectivity index (χ0) is 14.7. The monoisotopic (exact) mass is 283 g/mol. The predicted octanol–water partition coefficient (Wildman–Crippen LogP) is 2.77. The molecule has 1 heterocycles. The summed E-state index contributed by atoms with van der Waals surface area (Å²) in [7, 11) is 0. The molecule has 0 spiro atoms. The summed E-state index contributed by atoms with van der Waals surface area (Å²) in [4.78, 5) is 16.4. The highest BCUT2D eigenvalue weighted by Crippen LogP contribution is 2.26. The number of nitrogens with one attached hydrogen (secondary N) is 1. The molecule has 1 N–H and O–H groups in total. The van der Waals surface area contributed by atoms with Crippen molar-refractivity contribution in [2.75, 3.05) is 6.54 Å². The van der Waals surface area contributed by atoms with E-state index in [0.29, 0.717) is 6.54 Å². The molecule has 1 amide bonds. The Bertz CT molecular complexity index is 614. The molecule has 4 nitrogen and oxygen atoms in total. The fourth-order valence-electron chi connectivity index (χ4n) is 2.67. The largest absolute Gasteiger partial charge is 0.354 e. The normalized spacial score (nSPS) is 14.7. The number of carbonyl (C=O) groups is 1. The third-order valence-electron chi connectivity index (χ3n) is 4.20. The van der Waals surface area contributed by atoms with E-state index in [1.807, 2.05) is 31.3 Å². The van der Waals surface area contributed by atoms with Crippen LogP contribution in [0.25, 0.3) is 11.4 Å². The van der Waals surface area contributed by atoms with E-state index in [1.54, 1.807) is 0 Å². The molecule has 1 aromatic heterocycles. The molecule has 1 fully saturated rings. The lowest BCUT2D eigenvalue weighted by Gasteiger charge is -2.24. The predicted molar refractivity (Wildman–Crippen MR) is 82.8 cm³/mol. The van der Waals surface area contributed by atoms with Gasteiger partial charge in [-0.15, -0.1) is 0 Å². The van der Waals surface area contributed by atoms with Crippen molar-refractivity contribution in [2.45, 2.75) is 32.7 Å². The van der Waals surface area contributed by atoms with Crippen LogP contribution >= 0.6 is 0 Å². The molecule has 110 valence electrons. The van der Waals surface area contributed by atoms with Crippen LogP contribution in [0.1, 0.15) is 25.0 Å². The first-order valence-electron chi connectivity index (χ1n) is 7.61. The number of aromatic nitrogens is 2. The molecule has 4 heteroatoms. The lowest BCUT2D eigenvalue weighted by Crippen LogP contribution is -2.36. The Labute approximate surface area is 125 Å². The van der Waals surface area contributed by atoms with E-state index in [2.05, 4.69) is 27.0 Å². The second-order valence-electron chi connectivity index (χ2n) is 5.66. The minimum Gasteiger partial charge on any atom is -0.354 e. The minimum atomic E-state index is 0.209. The minimum absolute atomic E-state index is 0.209. The van der Waals surface area contributed by atoms with E-state index in [9.17, 15) is 4.79 Å². The van der Waals surface area contributed by atoms with Crippen LogP contribution in [0.15, 0.2) is 36.5 Å². The molecule has 1 saturated carbocycles. The van der Waals surface area contributed by atoms with Crippen molar-refractivity contribution < 1.29 is 4.79 Å². The van der Waals surface area contributed by atoms with Gasteiger partial charge in [-0.25, -0.2) is 4.98 Å². The van der Waals surface area contributed by atoms with Crippen molar-refractivity contribution in [3.63, 3.8) is 0 Å². The average Bonchev–Trinajstić information content (AvgIpc) is 2.79. The SMILES string of the molecule is Cc1cnc(-c2ccccc2)n1CCNC(=O)C1CCC1. The molecule has 0 radical (unpaired) electrons. The van der Waals surface area contributed by atoms with Gasteiger partial charge in [0.25, 0.3) is 0 Å². The number of hydrogen-bond acceptors (Lipinski definition) is 2. The van der Waals surface area contributed by atoms with Gasteiger partial charge in [0.1, 0.15) is 5.82 Å². The first kappa shape index (κ1) is 13.9. The lowest BCUT2D eigenvalue weighted by molar-refractivity contribution is -0.127. The molecule has 21 heavy (non-hydrogen) atoms. The van der Waals surface area contributed by atoms with Gasteiger partial charge in [0.15, 0.2) is 0 Å². The van der Waals surface area contributed by atoms with Gasteiger partial charge < -0.3 is 9.88 Å². The van der Waals surface area contributed by atoms with Crippen LogP contribution in [0.5, 0.6) is 0 Å². The molecule has 1 aliphatic carbocycles. The third kappa shape index (κ3) is 2.99. The van der Waals surface area contributed by atoms with Crippen molar-refractivity contribution in [1.82, 2.24) is 14.9 Å². The molecule has 3 rings (SSSR count). The van der Waals surface area contributed by atoms with Crippen molar-refractivity contribution >= 4 is 5.91 Å².